The standard InChI is InChI=1S/C17H20N2Si/c1-13-9-5-7-11-15(13)19-16-12-8-6-10-14(16)17(18-19)20(2,3)4/h5-12H,1-4H3. The molecular weight excluding hydrogens is 260 g/mol. The zero-order valence-corrected chi connectivity index (χ0v) is 13.5. The van der Waals surface area contributed by atoms with Crippen LogP contribution in [0.1, 0.15) is 5.56 Å². The van der Waals surface area contributed by atoms with Crippen LogP contribution in [0.4, 0.5) is 0 Å². The second-order valence-electron chi connectivity index (χ2n) is 6.31. The molecule has 1 heterocycles. The molecule has 0 saturated heterocycles. The molecule has 2 nitrogen and oxygen atoms in total. The number of hydrogen-bond donors (Lipinski definition) is 0. The van der Waals surface area contributed by atoms with Crippen molar-refractivity contribution in [1.29, 1.82) is 0 Å². The number of benzene rings is 2. The van der Waals surface area contributed by atoms with Gasteiger partial charge >= 0.3 is 0 Å². The van der Waals surface area contributed by atoms with Gasteiger partial charge in [0, 0.05) is 5.39 Å². The van der Waals surface area contributed by atoms with Crippen LogP contribution < -0.4 is 5.32 Å². The Morgan fingerprint density at radius 2 is 1.55 bits per heavy atom. The van der Waals surface area contributed by atoms with E-state index in [1.165, 1.54) is 27.5 Å². The van der Waals surface area contributed by atoms with Gasteiger partial charge in [0.15, 0.2) is 0 Å². The maximum Gasteiger partial charge on any atom is 0.104 e. The highest BCUT2D eigenvalue weighted by atomic mass is 28.3. The fourth-order valence-corrected chi connectivity index (χ4v) is 4.02. The Bertz CT molecular complexity index is 766. The molecule has 3 rings (SSSR count). The zero-order chi connectivity index (χ0) is 14.3. The summed E-state index contributed by atoms with van der Waals surface area (Å²) < 4.78 is 2.11. The van der Waals surface area contributed by atoms with E-state index in [1.807, 2.05) is 0 Å². The SMILES string of the molecule is Cc1ccccc1-n1nc([Si](C)(C)C)c2ccccc21. The minimum atomic E-state index is -1.46. The lowest BCUT2D eigenvalue weighted by molar-refractivity contribution is 0.913. The number of aromatic nitrogens is 2. The molecule has 3 aromatic rings. The lowest BCUT2D eigenvalue weighted by Crippen LogP contribution is -2.39. The molecule has 0 unspecified atom stereocenters. The third-order valence-electron chi connectivity index (χ3n) is 3.64. The molecule has 0 saturated carbocycles. The molecule has 0 N–H and O–H groups in total. The maximum atomic E-state index is 4.97. The molecule has 0 atom stereocenters. The third-order valence-corrected chi connectivity index (χ3v) is 5.43. The Balaban J connectivity index is 2.36. The van der Waals surface area contributed by atoms with Crippen LogP contribution in [0.5, 0.6) is 0 Å². The van der Waals surface area contributed by atoms with E-state index in [9.17, 15) is 0 Å². The Hall–Kier alpha value is -1.87. The second kappa shape index (κ2) is 4.60. The van der Waals surface area contributed by atoms with E-state index < -0.39 is 8.07 Å². The van der Waals surface area contributed by atoms with Gasteiger partial charge in [0.1, 0.15) is 8.07 Å². The van der Waals surface area contributed by atoms with E-state index in [1.54, 1.807) is 0 Å². The maximum absolute atomic E-state index is 4.97. The highest BCUT2D eigenvalue weighted by Crippen LogP contribution is 2.21. The summed E-state index contributed by atoms with van der Waals surface area (Å²) in [6, 6.07) is 17.0. The average molecular weight is 280 g/mol. The minimum absolute atomic E-state index is 1.17. The highest BCUT2D eigenvalue weighted by Gasteiger charge is 2.24. The first kappa shape index (κ1) is 13.1. The van der Waals surface area contributed by atoms with Crippen molar-refractivity contribution in [2.75, 3.05) is 0 Å². The number of fused-ring (bicyclic) bond motifs is 1. The fourth-order valence-electron chi connectivity index (χ4n) is 2.61. The summed E-state index contributed by atoms with van der Waals surface area (Å²) in [4.78, 5) is 0. The molecular formula is C17H20N2Si. The fraction of sp³-hybridized carbons (Fsp3) is 0.235. The van der Waals surface area contributed by atoms with Crippen LogP contribution in [0.2, 0.25) is 19.6 Å². The van der Waals surface area contributed by atoms with E-state index in [0.29, 0.717) is 0 Å². The summed E-state index contributed by atoms with van der Waals surface area (Å²) in [6.07, 6.45) is 0. The van der Waals surface area contributed by atoms with Gasteiger partial charge in [0.25, 0.3) is 0 Å². The number of hydrogen-bond acceptors (Lipinski definition) is 1. The van der Waals surface area contributed by atoms with Crippen molar-refractivity contribution in [1.82, 2.24) is 9.78 Å². The molecule has 0 bridgehead atoms. The van der Waals surface area contributed by atoms with Crippen LogP contribution in [-0.2, 0) is 0 Å². The molecule has 1 aromatic heterocycles. The van der Waals surface area contributed by atoms with Gasteiger partial charge in [0.05, 0.1) is 16.5 Å². The summed E-state index contributed by atoms with van der Waals surface area (Å²) in [5.74, 6) is 0. The summed E-state index contributed by atoms with van der Waals surface area (Å²) >= 11 is 0. The van der Waals surface area contributed by atoms with Gasteiger partial charge in [-0.3, -0.25) is 0 Å². The van der Waals surface area contributed by atoms with Gasteiger partial charge < -0.3 is 0 Å². The molecule has 2 aromatic carbocycles. The highest BCUT2D eigenvalue weighted by molar-refractivity contribution is 6.89. The van der Waals surface area contributed by atoms with Crippen molar-refractivity contribution in [3.63, 3.8) is 0 Å². The van der Waals surface area contributed by atoms with Crippen LogP contribution in [0, 0.1) is 6.92 Å². The average Bonchev–Trinajstić information content (AvgIpc) is 2.79. The zero-order valence-electron chi connectivity index (χ0n) is 12.5. The first-order valence-corrected chi connectivity index (χ1v) is 10.5. The summed E-state index contributed by atoms with van der Waals surface area (Å²) in [5.41, 5.74) is 3.63. The van der Waals surface area contributed by atoms with Crippen LogP contribution >= 0.6 is 0 Å². The van der Waals surface area contributed by atoms with E-state index >= 15 is 0 Å². The normalized spacial score (nSPS) is 12.0. The summed E-state index contributed by atoms with van der Waals surface area (Å²) in [7, 11) is -1.46. The predicted octanol–water partition coefficient (Wildman–Crippen LogP) is 3.88. The molecule has 0 aliphatic heterocycles. The Kier molecular flexibility index (Phi) is 3.02. The lowest BCUT2D eigenvalue weighted by atomic mass is 10.2. The molecule has 0 fully saturated rings. The largest absolute Gasteiger partial charge is 0.233 e. The van der Waals surface area contributed by atoms with Crippen molar-refractivity contribution in [3.05, 3.63) is 54.1 Å². The van der Waals surface area contributed by atoms with Gasteiger partial charge in [-0.1, -0.05) is 56.0 Å². The van der Waals surface area contributed by atoms with E-state index in [0.717, 1.165) is 0 Å². The monoisotopic (exact) mass is 280 g/mol. The molecule has 0 amide bonds. The molecule has 0 aliphatic carbocycles. The van der Waals surface area contributed by atoms with Gasteiger partial charge in [-0.15, -0.1) is 0 Å². The van der Waals surface area contributed by atoms with Gasteiger partial charge in [-0.2, -0.15) is 5.10 Å². The first-order valence-electron chi connectivity index (χ1n) is 7.03. The van der Waals surface area contributed by atoms with E-state index in [4.69, 9.17) is 5.10 Å². The molecule has 20 heavy (non-hydrogen) atoms. The molecule has 0 spiro atoms. The predicted molar refractivity (Wildman–Crippen MR) is 88.8 cm³/mol. The Morgan fingerprint density at radius 1 is 0.900 bits per heavy atom. The molecule has 3 heteroatoms. The third kappa shape index (κ3) is 2.08. The number of aryl methyl sites for hydroxylation is 1. The van der Waals surface area contributed by atoms with E-state index in [-0.39, 0.29) is 0 Å². The minimum Gasteiger partial charge on any atom is -0.233 e. The van der Waals surface area contributed by atoms with Crippen LogP contribution in [0.3, 0.4) is 0 Å². The summed E-state index contributed by atoms with van der Waals surface area (Å²) in [5, 5.41) is 7.56. The van der Waals surface area contributed by atoms with Crippen LogP contribution in [0.15, 0.2) is 48.5 Å². The van der Waals surface area contributed by atoms with Gasteiger partial charge in [-0.25, -0.2) is 4.68 Å². The second-order valence-corrected chi connectivity index (χ2v) is 11.3. The van der Waals surface area contributed by atoms with E-state index in [2.05, 4.69) is 79.8 Å². The molecule has 0 aliphatic rings. The summed E-state index contributed by atoms with van der Waals surface area (Å²) in [6.45, 7) is 9.19. The first-order chi connectivity index (χ1) is 9.48. The van der Waals surface area contributed by atoms with Gasteiger partial charge in [0.2, 0.25) is 0 Å². The van der Waals surface area contributed by atoms with Crippen molar-refractivity contribution >= 4 is 24.3 Å². The van der Waals surface area contributed by atoms with Crippen molar-refractivity contribution in [2.24, 2.45) is 0 Å². The van der Waals surface area contributed by atoms with Crippen LogP contribution in [-0.4, -0.2) is 17.9 Å². The number of nitrogens with zero attached hydrogens (tertiary/aromatic N) is 2. The smallest absolute Gasteiger partial charge is 0.104 e. The number of para-hydroxylation sites is 2. The number of rotatable bonds is 2. The van der Waals surface area contributed by atoms with Crippen molar-refractivity contribution in [3.8, 4) is 5.69 Å². The Labute approximate surface area is 121 Å². The lowest BCUT2D eigenvalue weighted by Gasteiger charge is -2.12. The molecule has 0 radical (unpaired) electrons. The molecule has 102 valence electrons. The van der Waals surface area contributed by atoms with Crippen molar-refractivity contribution in [2.45, 2.75) is 26.6 Å². The Morgan fingerprint density at radius 3 is 2.25 bits per heavy atom. The topological polar surface area (TPSA) is 17.8 Å². The van der Waals surface area contributed by atoms with Crippen molar-refractivity contribution < 1.29 is 0 Å². The quantitative estimate of drug-likeness (QED) is 0.651. The van der Waals surface area contributed by atoms with Crippen LogP contribution in [0.25, 0.3) is 16.6 Å². The van der Waals surface area contributed by atoms with Gasteiger partial charge in [-0.05, 0) is 24.6 Å².